The van der Waals surface area contributed by atoms with Crippen LogP contribution in [0.1, 0.15) is 31.2 Å². The van der Waals surface area contributed by atoms with Crippen LogP contribution >= 0.6 is 0 Å². The van der Waals surface area contributed by atoms with E-state index < -0.39 is 15.9 Å². The molecule has 4 rings (SSSR count). The number of oxime groups is 1. The van der Waals surface area contributed by atoms with Crippen LogP contribution in [0, 0.1) is 0 Å². The van der Waals surface area contributed by atoms with E-state index in [9.17, 15) is 13.2 Å². The highest BCUT2D eigenvalue weighted by Gasteiger charge is 2.15. The van der Waals surface area contributed by atoms with Crippen molar-refractivity contribution in [1.82, 2.24) is 0 Å². The van der Waals surface area contributed by atoms with E-state index in [4.69, 9.17) is 16.0 Å². The molecule has 1 amide bonds. The number of sulfone groups is 1. The van der Waals surface area contributed by atoms with E-state index in [0.717, 1.165) is 17.5 Å². The number of amides is 1. The number of nitrogens with zero attached hydrogens (tertiary/aromatic N) is 1. The molecule has 0 radical (unpaired) electrons. The highest BCUT2D eigenvalue weighted by Crippen LogP contribution is 2.28. The van der Waals surface area contributed by atoms with Gasteiger partial charge in [-0.05, 0) is 48.7 Å². The second kappa shape index (κ2) is 12.1. The smallest absolute Gasteiger partial charge is 0.409 e. The predicted molar refractivity (Wildman–Crippen MR) is 141 cm³/mol. The molecular formula is C26H30N4O5S. The van der Waals surface area contributed by atoms with Gasteiger partial charge in [-0.15, -0.1) is 0 Å². The van der Waals surface area contributed by atoms with Crippen molar-refractivity contribution >= 4 is 33.1 Å². The summed E-state index contributed by atoms with van der Waals surface area (Å²) in [6.07, 6.45) is 5.08. The Bertz CT molecular complexity index is 1320. The van der Waals surface area contributed by atoms with Crippen LogP contribution in [0.4, 0.5) is 16.2 Å². The Hall–Kier alpha value is -4.05. The van der Waals surface area contributed by atoms with Gasteiger partial charge in [0.25, 0.3) is 0 Å². The number of nitrogens with one attached hydrogen (secondary N) is 2. The highest BCUT2D eigenvalue weighted by atomic mass is 32.2. The van der Waals surface area contributed by atoms with E-state index in [1.807, 2.05) is 24.3 Å². The third kappa shape index (κ3) is 7.47. The summed E-state index contributed by atoms with van der Waals surface area (Å²) in [5, 5.41) is 25.9. The normalized spacial score (nSPS) is 14.0. The number of hydrogen-bond acceptors (Lipinski definition) is 6. The van der Waals surface area contributed by atoms with Gasteiger partial charge in [-0.25, -0.2) is 13.2 Å². The lowest BCUT2D eigenvalue weighted by Crippen LogP contribution is -2.16. The van der Waals surface area contributed by atoms with Crippen LogP contribution < -0.4 is 16.4 Å². The average molecular weight is 511 g/mol. The quantitative estimate of drug-likeness (QED) is 0.136. The number of benzene rings is 3. The van der Waals surface area contributed by atoms with Crippen molar-refractivity contribution in [3.8, 4) is 11.1 Å². The lowest BCUT2D eigenvalue weighted by atomic mass is 10.1. The van der Waals surface area contributed by atoms with E-state index in [-0.39, 0.29) is 10.7 Å². The summed E-state index contributed by atoms with van der Waals surface area (Å²) >= 11 is 0. The summed E-state index contributed by atoms with van der Waals surface area (Å²) in [6, 6.07) is 21.4. The molecule has 1 aliphatic carbocycles. The van der Waals surface area contributed by atoms with Gasteiger partial charge >= 0.3 is 6.09 Å². The highest BCUT2D eigenvalue weighted by molar-refractivity contribution is 7.90. The Balaban J connectivity index is 0.000000205. The third-order valence-electron chi connectivity index (χ3n) is 5.73. The number of carbonyl (C=O) groups is 1. The molecule has 0 bridgehead atoms. The van der Waals surface area contributed by atoms with Gasteiger partial charge in [-0.1, -0.05) is 60.5 Å². The maximum Gasteiger partial charge on any atom is 0.409 e. The minimum Gasteiger partial charge on any atom is -0.465 e. The Morgan fingerprint density at radius 2 is 1.64 bits per heavy atom. The molecule has 36 heavy (non-hydrogen) atoms. The summed E-state index contributed by atoms with van der Waals surface area (Å²) in [6.45, 7) is 0. The molecule has 9 nitrogen and oxygen atoms in total. The fraction of sp³-hybridized carbons (Fsp3) is 0.231. The molecule has 3 aromatic rings. The summed E-state index contributed by atoms with van der Waals surface area (Å²) < 4.78 is 23.5. The first-order chi connectivity index (χ1) is 17.2. The van der Waals surface area contributed by atoms with Crippen LogP contribution in [0.25, 0.3) is 11.1 Å². The zero-order chi connectivity index (χ0) is 26.1. The van der Waals surface area contributed by atoms with E-state index in [1.165, 1.54) is 25.7 Å². The largest absolute Gasteiger partial charge is 0.465 e. The number of anilines is 2. The van der Waals surface area contributed by atoms with Crippen LogP contribution in [0.5, 0.6) is 0 Å². The van der Waals surface area contributed by atoms with E-state index in [0.29, 0.717) is 22.9 Å². The fourth-order valence-electron chi connectivity index (χ4n) is 4.02. The summed E-state index contributed by atoms with van der Waals surface area (Å²) in [4.78, 5) is 10.8. The van der Waals surface area contributed by atoms with Crippen molar-refractivity contribution in [2.45, 2.75) is 36.6 Å². The molecular weight excluding hydrogens is 480 g/mol. The van der Waals surface area contributed by atoms with Gasteiger partial charge in [-0.2, -0.15) is 0 Å². The van der Waals surface area contributed by atoms with Gasteiger partial charge < -0.3 is 21.4 Å². The third-order valence-corrected chi connectivity index (χ3v) is 6.88. The molecule has 0 atom stereocenters. The van der Waals surface area contributed by atoms with Crippen molar-refractivity contribution in [3.63, 3.8) is 0 Å². The Kier molecular flexibility index (Phi) is 8.91. The molecule has 0 saturated heterocycles. The van der Waals surface area contributed by atoms with E-state index in [2.05, 4.69) is 15.8 Å². The Labute approximate surface area is 210 Å². The SMILES string of the molecule is CS(=O)(=O)c1ccccc1-c1ccc(NC(=O)O)cc1.NC(=NO)c1cccc(NC2CCCC2)c1. The topological polar surface area (TPSA) is 154 Å². The fourth-order valence-corrected chi connectivity index (χ4v) is 4.93. The molecule has 0 heterocycles. The predicted octanol–water partition coefficient (Wildman–Crippen LogP) is 4.98. The van der Waals surface area contributed by atoms with Crippen molar-refractivity contribution in [2.75, 3.05) is 16.9 Å². The van der Waals surface area contributed by atoms with E-state index in [1.54, 1.807) is 48.5 Å². The molecule has 6 N–H and O–H groups in total. The molecule has 10 heteroatoms. The standard InChI is InChI=1S/C14H13NO4S.C12H17N3O/c1-20(18,19)13-5-3-2-4-12(13)10-6-8-11(9-7-10)15-14(16)17;13-12(15-16)9-4-3-7-11(8-9)14-10-5-1-2-6-10/h2-9,15H,1H3,(H,16,17);3-4,7-8,10,14,16H,1-2,5-6H2,(H2,13,15). The minimum absolute atomic E-state index is 0.148. The molecule has 1 aliphatic rings. The first kappa shape index (κ1) is 26.6. The molecule has 3 aromatic carbocycles. The second-order valence-electron chi connectivity index (χ2n) is 8.47. The maximum atomic E-state index is 11.7. The number of amidine groups is 1. The molecule has 190 valence electrons. The maximum absolute atomic E-state index is 11.7. The number of rotatable bonds is 6. The van der Waals surface area contributed by atoms with Crippen LogP contribution in [0.2, 0.25) is 0 Å². The lowest BCUT2D eigenvalue weighted by Gasteiger charge is -2.14. The van der Waals surface area contributed by atoms with Gasteiger partial charge in [0.05, 0.1) is 4.90 Å². The van der Waals surface area contributed by atoms with Gasteiger partial charge in [0.15, 0.2) is 15.7 Å². The van der Waals surface area contributed by atoms with Crippen molar-refractivity contribution < 1.29 is 23.5 Å². The zero-order valence-corrected chi connectivity index (χ0v) is 20.7. The number of nitrogens with two attached hydrogens (primary N) is 1. The molecule has 1 saturated carbocycles. The van der Waals surface area contributed by atoms with Gasteiger partial charge in [-0.3, -0.25) is 5.32 Å². The summed E-state index contributed by atoms with van der Waals surface area (Å²) in [5.41, 5.74) is 9.06. The van der Waals surface area contributed by atoms with Crippen LogP contribution in [-0.4, -0.2) is 43.0 Å². The summed E-state index contributed by atoms with van der Waals surface area (Å²) in [5.74, 6) is 0.148. The summed E-state index contributed by atoms with van der Waals surface area (Å²) in [7, 11) is -3.32. The number of carboxylic acid groups (broad SMARTS) is 1. The van der Waals surface area contributed by atoms with E-state index >= 15 is 0 Å². The van der Waals surface area contributed by atoms with Gasteiger partial charge in [0.1, 0.15) is 0 Å². The van der Waals surface area contributed by atoms with Crippen molar-refractivity contribution in [2.24, 2.45) is 10.9 Å². The second-order valence-corrected chi connectivity index (χ2v) is 10.5. The van der Waals surface area contributed by atoms with Gasteiger partial charge in [0.2, 0.25) is 0 Å². The Morgan fingerprint density at radius 3 is 2.25 bits per heavy atom. The average Bonchev–Trinajstić information content (AvgIpc) is 3.37. The van der Waals surface area contributed by atoms with Crippen molar-refractivity contribution in [3.05, 3.63) is 78.4 Å². The van der Waals surface area contributed by atoms with Crippen LogP contribution in [0.15, 0.2) is 82.8 Å². The number of hydrogen-bond donors (Lipinski definition) is 5. The molecule has 0 aliphatic heterocycles. The lowest BCUT2D eigenvalue weighted by molar-refractivity contribution is 0.209. The monoisotopic (exact) mass is 510 g/mol. The van der Waals surface area contributed by atoms with Crippen LogP contribution in [0.3, 0.4) is 0 Å². The first-order valence-electron chi connectivity index (χ1n) is 11.4. The van der Waals surface area contributed by atoms with Crippen molar-refractivity contribution in [1.29, 1.82) is 0 Å². The molecule has 0 aromatic heterocycles. The zero-order valence-electron chi connectivity index (χ0n) is 19.9. The molecule has 1 fully saturated rings. The first-order valence-corrected chi connectivity index (χ1v) is 13.3. The molecule has 0 spiro atoms. The van der Waals surface area contributed by atoms with Gasteiger partial charge in [0, 0.05) is 34.8 Å². The Morgan fingerprint density at radius 1 is 0.972 bits per heavy atom. The van der Waals surface area contributed by atoms with Crippen LogP contribution in [-0.2, 0) is 9.84 Å². The minimum atomic E-state index is -3.32. The molecule has 0 unspecified atom stereocenters.